The summed E-state index contributed by atoms with van der Waals surface area (Å²) >= 11 is 8.50. The van der Waals surface area contributed by atoms with Crippen LogP contribution < -0.4 is 4.74 Å². The van der Waals surface area contributed by atoms with E-state index in [1.807, 2.05) is 6.92 Å². The van der Waals surface area contributed by atoms with Crippen molar-refractivity contribution in [3.63, 3.8) is 0 Å². The van der Waals surface area contributed by atoms with Crippen molar-refractivity contribution in [3.05, 3.63) is 13.3 Å². The Morgan fingerprint density at radius 2 is 1.80 bits per heavy atom. The minimum Gasteiger partial charge on any atom is -0.480 e. The van der Waals surface area contributed by atoms with Crippen LogP contribution in [0.2, 0.25) is 0 Å². The van der Waals surface area contributed by atoms with Crippen molar-refractivity contribution in [2.24, 2.45) is 0 Å². The maximum Gasteiger partial charge on any atom is 0.236 e. The summed E-state index contributed by atoms with van der Waals surface area (Å²) in [4.78, 5) is 8.96. The molecule has 2 heterocycles. The van der Waals surface area contributed by atoms with Crippen LogP contribution in [0, 0.1) is 0 Å². The van der Waals surface area contributed by atoms with Gasteiger partial charge >= 0.3 is 0 Å². The van der Waals surface area contributed by atoms with Crippen molar-refractivity contribution in [2.75, 3.05) is 7.11 Å². The molecule has 0 amide bonds. The van der Waals surface area contributed by atoms with Crippen LogP contribution >= 0.6 is 43.2 Å². The fraction of sp³-hybridized carbons (Fsp3) is 0.333. The third kappa shape index (κ3) is 1.90. The number of aromatic nitrogens is 2. The summed E-state index contributed by atoms with van der Waals surface area (Å²) in [7, 11) is 1.62. The lowest BCUT2D eigenvalue weighted by molar-refractivity contribution is 0.392. The third-order valence-corrected chi connectivity index (χ3v) is 4.48. The first kappa shape index (κ1) is 11.3. The topological polar surface area (TPSA) is 35.0 Å². The van der Waals surface area contributed by atoms with Crippen LogP contribution in [0.5, 0.6) is 5.88 Å². The summed E-state index contributed by atoms with van der Waals surface area (Å²) in [6, 6.07) is 0. The molecule has 0 radical (unpaired) electrons. The Hall–Kier alpha value is -0.200. The number of hydrogen-bond acceptors (Lipinski definition) is 4. The molecule has 0 fully saturated rings. The zero-order valence-corrected chi connectivity index (χ0v) is 12.2. The van der Waals surface area contributed by atoms with Gasteiger partial charge in [-0.1, -0.05) is 6.92 Å². The average Bonchev–Trinajstić information content (AvgIpc) is 2.52. The van der Waals surface area contributed by atoms with Gasteiger partial charge in [-0.15, -0.1) is 11.3 Å². The van der Waals surface area contributed by atoms with Crippen molar-refractivity contribution in [1.82, 2.24) is 9.97 Å². The molecule has 6 heteroatoms. The van der Waals surface area contributed by atoms with Gasteiger partial charge in [-0.3, -0.25) is 0 Å². The molecule has 0 aliphatic rings. The van der Waals surface area contributed by atoms with Crippen LogP contribution in [0.15, 0.2) is 7.57 Å². The minimum absolute atomic E-state index is 0.607. The highest BCUT2D eigenvalue weighted by molar-refractivity contribution is 9.12. The average molecular weight is 352 g/mol. The Bertz CT molecular complexity index is 468. The molecule has 0 unspecified atom stereocenters. The molecule has 0 saturated carbocycles. The van der Waals surface area contributed by atoms with E-state index in [1.54, 1.807) is 18.4 Å². The van der Waals surface area contributed by atoms with E-state index in [0.717, 1.165) is 30.7 Å². The molecule has 0 N–H and O–H groups in total. The van der Waals surface area contributed by atoms with Gasteiger partial charge in [0, 0.05) is 0 Å². The first-order chi connectivity index (χ1) is 7.17. The number of rotatable bonds is 2. The number of hydrogen-bond donors (Lipinski definition) is 0. The van der Waals surface area contributed by atoms with Gasteiger partial charge in [0.15, 0.2) is 0 Å². The molecule has 0 atom stereocenters. The van der Waals surface area contributed by atoms with Crippen LogP contribution in [0.1, 0.15) is 12.6 Å². The van der Waals surface area contributed by atoms with E-state index in [9.17, 15) is 0 Å². The lowest BCUT2D eigenvalue weighted by Crippen LogP contribution is -1.97. The Morgan fingerprint density at radius 1 is 1.20 bits per heavy atom. The predicted molar refractivity (Wildman–Crippen MR) is 68.7 cm³/mol. The maximum absolute atomic E-state index is 5.20. The van der Waals surface area contributed by atoms with Crippen molar-refractivity contribution in [2.45, 2.75) is 13.3 Å². The summed E-state index contributed by atoms with van der Waals surface area (Å²) < 4.78 is 7.17. The molecule has 0 bridgehead atoms. The van der Waals surface area contributed by atoms with E-state index in [4.69, 9.17) is 4.74 Å². The summed E-state index contributed by atoms with van der Waals surface area (Å²) in [5.41, 5.74) is 2.63. The third-order valence-electron chi connectivity index (χ3n) is 2.01. The standard InChI is InChI=1S/C9H8Br2N2OS/c1-3-4-9(14-2)13-6-5(12-4)7(10)15-8(6)11/h3H2,1-2H3. The van der Waals surface area contributed by atoms with Crippen molar-refractivity contribution < 1.29 is 4.74 Å². The van der Waals surface area contributed by atoms with Gasteiger partial charge in [-0.2, -0.15) is 0 Å². The quantitative estimate of drug-likeness (QED) is 0.825. The second-order valence-electron chi connectivity index (χ2n) is 2.88. The molecule has 2 rings (SSSR count). The van der Waals surface area contributed by atoms with Crippen LogP contribution in [-0.2, 0) is 6.42 Å². The highest BCUT2D eigenvalue weighted by atomic mass is 79.9. The number of nitrogens with zero attached hydrogens (tertiary/aromatic N) is 2. The molecule has 2 aromatic rings. The predicted octanol–water partition coefficient (Wildman–Crippen LogP) is 3.79. The first-order valence-electron chi connectivity index (χ1n) is 4.35. The van der Waals surface area contributed by atoms with Gasteiger partial charge < -0.3 is 4.74 Å². The van der Waals surface area contributed by atoms with Crippen LogP contribution in [0.25, 0.3) is 11.0 Å². The molecular weight excluding hydrogens is 344 g/mol. The van der Waals surface area contributed by atoms with E-state index in [2.05, 4.69) is 41.8 Å². The summed E-state index contributed by atoms with van der Waals surface area (Å²) in [5.74, 6) is 0.607. The van der Waals surface area contributed by atoms with Gasteiger partial charge in [0.05, 0.1) is 14.7 Å². The monoisotopic (exact) mass is 350 g/mol. The molecule has 3 nitrogen and oxygen atoms in total. The highest BCUT2D eigenvalue weighted by Crippen LogP contribution is 2.38. The molecular formula is C9H8Br2N2OS. The van der Waals surface area contributed by atoms with Crippen molar-refractivity contribution in [1.29, 1.82) is 0 Å². The molecule has 80 valence electrons. The second kappa shape index (κ2) is 4.35. The molecule has 0 spiro atoms. The first-order valence-corrected chi connectivity index (χ1v) is 6.76. The van der Waals surface area contributed by atoms with Crippen LogP contribution in [0.4, 0.5) is 0 Å². The number of aryl methyl sites for hydroxylation is 1. The van der Waals surface area contributed by atoms with Crippen molar-refractivity contribution in [3.8, 4) is 5.88 Å². The number of ether oxygens (including phenoxy) is 1. The maximum atomic E-state index is 5.20. The minimum atomic E-state index is 0.607. The lowest BCUT2D eigenvalue weighted by Gasteiger charge is -2.04. The molecule has 0 aliphatic heterocycles. The van der Waals surface area contributed by atoms with E-state index in [0.29, 0.717) is 5.88 Å². The summed E-state index contributed by atoms with van der Waals surface area (Å²) in [6.07, 6.45) is 0.812. The van der Waals surface area contributed by atoms with Crippen LogP contribution in [-0.4, -0.2) is 17.1 Å². The molecule has 0 saturated heterocycles. The number of halogens is 2. The van der Waals surface area contributed by atoms with E-state index in [1.165, 1.54) is 0 Å². The van der Waals surface area contributed by atoms with E-state index in [-0.39, 0.29) is 0 Å². The van der Waals surface area contributed by atoms with E-state index < -0.39 is 0 Å². The van der Waals surface area contributed by atoms with E-state index >= 15 is 0 Å². The Morgan fingerprint density at radius 3 is 2.33 bits per heavy atom. The molecule has 0 aliphatic carbocycles. The van der Waals surface area contributed by atoms with Gasteiger partial charge in [0.1, 0.15) is 16.7 Å². The lowest BCUT2D eigenvalue weighted by atomic mass is 10.3. The highest BCUT2D eigenvalue weighted by Gasteiger charge is 2.14. The normalized spacial score (nSPS) is 10.9. The summed E-state index contributed by atoms with van der Waals surface area (Å²) in [6.45, 7) is 2.04. The Labute approximate surface area is 108 Å². The number of methoxy groups -OCH3 is 1. The van der Waals surface area contributed by atoms with Gasteiger partial charge in [0.2, 0.25) is 5.88 Å². The Kier molecular flexibility index (Phi) is 3.27. The Balaban J connectivity index is 2.77. The summed E-state index contributed by atoms with van der Waals surface area (Å²) in [5, 5.41) is 0. The fourth-order valence-corrected chi connectivity index (χ4v) is 4.11. The van der Waals surface area contributed by atoms with Gasteiger partial charge in [-0.05, 0) is 38.3 Å². The molecule has 15 heavy (non-hydrogen) atoms. The fourth-order valence-electron chi connectivity index (χ4n) is 1.30. The zero-order chi connectivity index (χ0) is 11.0. The number of thiophene rings is 1. The van der Waals surface area contributed by atoms with Gasteiger partial charge in [0.25, 0.3) is 0 Å². The smallest absolute Gasteiger partial charge is 0.236 e. The van der Waals surface area contributed by atoms with Gasteiger partial charge in [-0.25, -0.2) is 9.97 Å². The van der Waals surface area contributed by atoms with Crippen LogP contribution in [0.3, 0.4) is 0 Å². The largest absolute Gasteiger partial charge is 0.480 e. The second-order valence-corrected chi connectivity index (χ2v) is 6.54. The SMILES string of the molecule is CCc1nc2c(Br)sc(Br)c2nc1OC. The van der Waals surface area contributed by atoms with Crippen molar-refractivity contribution >= 4 is 54.2 Å². The molecule has 2 aromatic heterocycles. The molecule has 0 aromatic carbocycles. The zero-order valence-electron chi connectivity index (χ0n) is 8.17. The number of fused-ring (bicyclic) bond motifs is 1.